The van der Waals surface area contributed by atoms with E-state index in [1.54, 1.807) is 0 Å². The summed E-state index contributed by atoms with van der Waals surface area (Å²) in [4.78, 5) is 2.36. The van der Waals surface area contributed by atoms with Crippen LogP contribution in [0.4, 0.5) is 0 Å². The van der Waals surface area contributed by atoms with Gasteiger partial charge in [-0.25, -0.2) is 5.32 Å². The fourth-order valence-electron chi connectivity index (χ4n) is 1.65. The van der Waals surface area contributed by atoms with E-state index in [4.69, 9.17) is 23.2 Å². The maximum absolute atomic E-state index is 6.24. The fourth-order valence-corrected chi connectivity index (χ4v) is 2.27. The number of nitrogens with zero attached hydrogens (tertiary/aromatic N) is 2. The Kier molecular flexibility index (Phi) is 6.18. The van der Waals surface area contributed by atoms with Gasteiger partial charge >= 0.3 is 0 Å². The van der Waals surface area contributed by atoms with Crippen LogP contribution in [-0.4, -0.2) is 48.4 Å². The van der Waals surface area contributed by atoms with Crippen LogP contribution in [0.1, 0.15) is 19.8 Å². The van der Waals surface area contributed by atoms with Crippen molar-refractivity contribution in [2.45, 2.75) is 30.5 Å². The molecule has 14 heavy (non-hydrogen) atoms. The predicted octanol–water partition coefficient (Wildman–Crippen LogP) is 1.92. The monoisotopic (exact) mass is 237 g/mol. The smallest absolute Gasteiger partial charge is 0.0626 e. The second-order valence-corrected chi connectivity index (χ2v) is 4.91. The van der Waals surface area contributed by atoms with E-state index in [9.17, 15) is 0 Å². The highest BCUT2D eigenvalue weighted by atomic mass is 35.5. The minimum absolute atomic E-state index is 0.0784. The standard InChI is InChI=1S/C10H19Cl2N2/c1-2-3-9(11)10(12)8-14-6-4-13-5-7-14/h9-10H,2-8H2,1H3. The largest absolute Gasteiger partial charge is 0.299 e. The Morgan fingerprint density at radius 3 is 2.43 bits per heavy atom. The molecule has 1 rings (SSSR count). The fraction of sp³-hybridized carbons (Fsp3) is 1.00. The first-order chi connectivity index (χ1) is 6.74. The molecule has 1 aliphatic rings. The lowest BCUT2D eigenvalue weighted by Gasteiger charge is -2.29. The lowest BCUT2D eigenvalue weighted by molar-refractivity contribution is 0.236. The summed E-state index contributed by atoms with van der Waals surface area (Å²) in [5.74, 6) is 0. The first-order valence-electron chi connectivity index (χ1n) is 5.37. The molecule has 0 bridgehead atoms. The molecule has 1 aliphatic heterocycles. The minimum atomic E-state index is 0.0784. The maximum Gasteiger partial charge on any atom is 0.0626 e. The summed E-state index contributed by atoms with van der Waals surface area (Å²) in [5.41, 5.74) is 0. The van der Waals surface area contributed by atoms with Gasteiger partial charge in [-0.1, -0.05) is 13.3 Å². The van der Waals surface area contributed by atoms with Crippen LogP contribution in [0.5, 0.6) is 0 Å². The molecule has 1 heterocycles. The van der Waals surface area contributed by atoms with Gasteiger partial charge in [0, 0.05) is 32.7 Å². The quantitative estimate of drug-likeness (QED) is 0.669. The van der Waals surface area contributed by atoms with Gasteiger partial charge in [-0.15, -0.1) is 23.2 Å². The van der Waals surface area contributed by atoms with E-state index in [-0.39, 0.29) is 10.8 Å². The van der Waals surface area contributed by atoms with Crippen LogP contribution >= 0.6 is 23.2 Å². The van der Waals surface area contributed by atoms with E-state index >= 15 is 0 Å². The van der Waals surface area contributed by atoms with Crippen molar-refractivity contribution in [2.75, 3.05) is 32.7 Å². The normalized spacial score (nSPS) is 23.4. The zero-order valence-corrected chi connectivity index (χ0v) is 10.3. The number of alkyl halides is 2. The number of rotatable bonds is 5. The van der Waals surface area contributed by atoms with E-state index < -0.39 is 0 Å². The SMILES string of the molecule is CCCC(Cl)C(Cl)CN1CC[N]CC1. The number of hydrogen-bond acceptors (Lipinski definition) is 1. The van der Waals surface area contributed by atoms with Gasteiger partial charge in [0.15, 0.2) is 0 Å². The summed E-state index contributed by atoms with van der Waals surface area (Å²) >= 11 is 12.4. The van der Waals surface area contributed by atoms with Crippen molar-refractivity contribution in [2.24, 2.45) is 0 Å². The van der Waals surface area contributed by atoms with Crippen LogP contribution in [0.2, 0.25) is 0 Å². The van der Waals surface area contributed by atoms with Gasteiger partial charge in [0.25, 0.3) is 0 Å². The topological polar surface area (TPSA) is 17.3 Å². The lowest BCUT2D eigenvalue weighted by atomic mass is 10.2. The van der Waals surface area contributed by atoms with Crippen LogP contribution in [0, 0.1) is 0 Å². The van der Waals surface area contributed by atoms with Crippen molar-refractivity contribution in [3.05, 3.63) is 0 Å². The summed E-state index contributed by atoms with van der Waals surface area (Å²) in [6, 6.07) is 0. The van der Waals surface area contributed by atoms with Gasteiger partial charge in [0.05, 0.1) is 10.8 Å². The molecular weight excluding hydrogens is 219 g/mol. The van der Waals surface area contributed by atoms with Crippen LogP contribution in [0.15, 0.2) is 0 Å². The van der Waals surface area contributed by atoms with E-state index in [0.29, 0.717) is 0 Å². The molecular formula is C10H19Cl2N2. The number of halogens is 2. The Morgan fingerprint density at radius 2 is 1.86 bits per heavy atom. The molecule has 1 radical (unpaired) electrons. The molecule has 1 saturated heterocycles. The number of piperazine rings is 1. The number of hydrogen-bond donors (Lipinski definition) is 0. The van der Waals surface area contributed by atoms with E-state index in [1.807, 2.05) is 0 Å². The molecule has 0 spiro atoms. The zero-order valence-electron chi connectivity index (χ0n) is 8.75. The summed E-state index contributed by atoms with van der Waals surface area (Å²) in [5, 5.41) is 4.49. The van der Waals surface area contributed by atoms with Gasteiger partial charge in [0.2, 0.25) is 0 Å². The molecule has 2 nitrogen and oxygen atoms in total. The van der Waals surface area contributed by atoms with Crippen LogP contribution in [0.25, 0.3) is 0 Å². The Balaban J connectivity index is 2.20. The van der Waals surface area contributed by atoms with Gasteiger partial charge in [-0.3, -0.25) is 4.90 Å². The molecule has 0 aromatic rings. The average Bonchev–Trinajstić information content (AvgIpc) is 2.19. The van der Waals surface area contributed by atoms with Crippen molar-refractivity contribution >= 4 is 23.2 Å². The van der Waals surface area contributed by atoms with E-state index in [1.165, 1.54) is 0 Å². The summed E-state index contributed by atoms with van der Waals surface area (Å²) < 4.78 is 0. The highest BCUT2D eigenvalue weighted by molar-refractivity contribution is 6.30. The molecule has 0 amide bonds. The summed E-state index contributed by atoms with van der Waals surface area (Å²) in [6.45, 7) is 7.02. The molecule has 2 atom stereocenters. The molecule has 1 fully saturated rings. The third-order valence-corrected chi connectivity index (χ3v) is 3.63. The Hall–Kier alpha value is 0.500. The van der Waals surface area contributed by atoms with Crippen LogP contribution < -0.4 is 5.32 Å². The van der Waals surface area contributed by atoms with Gasteiger partial charge in [-0.05, 0) is 6.42 Å². The maximum atomic E-state index is 6.24. The molecule has 4 heteroatoms. The molecule has 0 aromatic heterocycles. The second kappa shape index (κ2) is 6.89. The van der Waals surface area contributed by atoms with Gasteiger partial charge in [0.1, 0.15) is 0 Å². The van der Waals surface area contributed by atoms with Crippen LogP contribution in [-0.2, 0) is 0 Å². The van der Waals surface area contributed by atoms with Crippen molar-refractivity contribution in [3.63, 3.8) is 0 Å². The zero-order chi connectivity index (χ0) is 10.4. The Bertz CT molecular complexity index is 149. The van der Waals surface area contributed by atoms with Crippen molar-refractivity contribution < 1.29 is 0 Å². The summed E-state index contributed by atoms with van der Waals surface area (Å²) in [6.07, 6.45) is 2.11. The third kappa shape index (κ3) is 4.35. The highest BCUT2D eigenvalue weighted by Gasteiger charge is 2.20. The molecule has 2 unspecified atom stereocenters. The summed E-state index contributed by atoms with van der Waals surface area (Å²) in [7, 11) is 0. The van der Waals surface area contributed by atoms with Gasteiger partial charge in [-0.2, -0.15) is 0 Å². The third-order valence-electron chi connectivity index (χ3n) is 2.54. The molecule has 0 aromatic carbocycles. The molecule has 83 valence electrons. The minimum Gasteiger partial charge on any atom is -0.299 e. The average molecular weight is 238 g/mol. The van der Waals surface area contributed by atoms with Gasteiger partial charge < -0.3 is 0 Å². The van der Waals surface area contributed by atoms with Crippen LogP contribution in [0.3, 0.4) is 0 Å². The first-order valence-corrected chi connectivity index (χ1v) is 6.25. The first kappa shape index (κ1) is 12.6. The Labute approximate surface area is 96.9 Å². The highest BCUT2D eigenvalue weighted by Crippen LogP contribution is 2.17. The molecule has 0 N–H and O–H groups in total. The van der Waals surface area contributed by atoms with Crippen molar-refractivity contribution in [3.8, 4) is 0 Å². The predicted molar refractivity (Wildman–Crippen MR) is 62.5 cm³/mol. The molecule has 0 saturated carbocycles. The lowest BCUT2D eigenvalue weighted by Crippen LogP contribution is -2.44. The second-order valence-electron chi connectivity index (χ2n) is 3.79. The Morgan fingerprint density at radius 1 is 1.21 bits per heavy atom. The van der Waals surface area contributed by atoms with E-state index in [2.05, 4.69) is 17.1 Å². The van der Waals surface area contributed by atoms with E-state index in [0.717, 1.165) is 45.6 Å². The molecule has 0 aliphatic carbocycles. The van der Waals surface area contributed by atoms with Crippen molar-refractivity contribution in [1.29, 1.82) is 0 Å². The van der Waals surface area contributed by atoms with Crippen molar-refractivity contribution in [1.82, 2.24) is 10.2 Å².